The van der Waals surface area contributed by atoms with Gasteiger partial charge in [0, 0.05) is 18.5 Å². The molecule has 0 saturated carbocycles. The molecule has 2 aromatic heterocycles. The fourth-order valence-electron chi connectivity index (χ4n) is 2.47. The van der Waals surface area contributed by atoms with Gasteiger partial charge in [-0.05, 0) is 12.1 Å². The van der Waals surface area contributed by atoms with E-state index in [1.807, 2.05) is 51.1 Å². The van der Waals surface area contributed by atoms with Crippen molar-refractivity contribution in [3.05, 3.63) is 59.5 Å². The number of amides is 1. The molecule has 0 aliphatic rings. The summed E-state index contributed by atoms with van der Waals surface area (Å²) < 4.78 is 6.64. The molecule has 0 fully saturated rings. The summed E-state index contributed by atoms with van der Waals surface area (Å²) in [5.41, 5.74) is 1.91. The predicted molar refractivity (Wildman–Crippen MR) is 92.5 cm³/mol. The van der Waals surface area contributed by atoms with E-state index in [0.29, 0.717) is 17.3 Å². The number of carbonyl (C=O) groups excluding carboxylic acids is 1. The molecule has 0 unspecified atom stereocenters. The third-order valence-electron chi connectivity index (χ3n) is 3.67. The zero-order valence-corrected chi connectivity index (χ0v) is 14.8. The Bertz CT molecular complexity index is 875. The molecule has 0 aliphatic carbocycles. The van der Waals surface area contributed by atoms with E-state index in [2.05, 4.69) is 20.6 Å². The highest BCUT2D eigenvalue weighted by Gasteiger charge is 2.26. The molecule has 7 nitrogen and oxygen atoms in total. The Morgan fingerprint density at radius 1 is 1.24 bits per heavy atom. The summed E-state index contributed by atoms with van der Waals surface area (Å²) in [4.78, 5) is 16.8. The first-order chi connectivity index (χ1) is 11.8. The van der Waals surface area contributed by atoms with Gasteiger partial charge < -0.3 is 9.84 Å². The van der Waals surface area contributed by atoms with E-state index in [1.165, 1.54) is 0 Å². The number of hydrogen-bond donors (Lipinski definition) is 1. The number of nitrogens with one attached hydrogen (secondary N) is 1. The molecule has 0 radical (unpaired) electrons. The minimum Gasteiger partial charge on any atom is -0.344 e. The number of hydrogen-bond acceptors (Lipinski definition) is 5. The summed E-state index contributed by atoms with van der Waals surface area (Å²) in [5, 5.41) is 11.3. The summed E-state index contributed by atoms with van der Waals surface area (Å²) >= 11 is 0. The lowest BCUT2D eigenvalue weighted by atomic mass is 9.89. The van der Waals surface area contributed by atoms with E-state index in [9.17, 15) is 4.79 Å². The average Bonchev–Trinajstić information content (AvgIpc) is 3.19. The molecule has 1 amide bonds. The standard InChI is InChI=1S/C18H21N5O2/c1-12-20-15(22-25-12)10-19-17(24)14-11-23(13-8-6-5-7-9-13)21-16(14)18(2,3)4/h5-9,11H,10H2,1-4H3,(H,19,24). The van der Waals surface area contributed by atoms with Crippen LogP contribution in [0, 0.1) is 6.92 Å². The molecule has 3 aromatic rings. The minimum atomic E-state index is -0.268. The first-order valence-corrected chi connectivity index (χ1v) is 8.07. The van der Waals surface area contributed by atoms with Crippen LogP contribution in [0.15, 0.2) is 41.1 Å². The molecule has 0 atom stereocenters. The molecule has 7 heteroatoms. The van der Waals surface area contributed by atoms with Crippen molar-refractivity contribution in [1.29, 1.82) is 0 Å². The lowest BCUT2D eigenvalue weighted by Crippen LogP contribution is -2.26. The van der Waals surface area contributed by atoms with Crippen LogP contribution in [-0.4, -0.2) is 25.8 Å². The maximum atomic E-state index is 12.7. The molecular formula is C18H21N5O2. The smallest absolute Gasteiger partial charge is 0.255 e. The van der Waals surface area contributed by atoms with Crippen molar-refractivity contribution in [2.24, 2.45) is 0 Å². The van der Waals surface area contributed by atoms with Gasteiger partial charge in [-0.1, -0.05) is 44.1 Å². The largest absolute Gasteiger partial charge is 0.344 e. The van der Waals surface area contributed by atoms with E-state index >= 15 is 0 Å². The van der Waals surface area contributed by atoms with Crippen molar-refractivity contribution in [1.82, 2.24) is 25.2 Å². The second-order valence-corrected chi connectivity index (χ2v) is 6.83. The highest BCUT2D eigenvalue weighted by atomic mass is 16.5. The molecule has 2 heterocycles. The maximum Gasteiger partial charge on any atom is 0.255 e. The van der Waals surface area contributed by atoms with Gasteiger partial charge in [-0.2, -0.15) is 10.1 Å². The van der Waals surface area contributed by atoms with Gasteiger partial charge in [0.15, 0.2) is 5.82 Å². The Morgan fingerprint density at radius 3 is 2.56 bits per heavy atom. The van der Waals surface area contributed by atoms with Gasteiger partial charge in [-0.3, -0.25) is 4.79 Å². The van der Waals surface area contributed by atoms with Crippen LogP contribution in [0.1, 0.15) is 48.5 Å². The van der Waals surface area contributed by atoms with Crippen LogP contribution in [-0.2, 0) is 12.0 Å². The van der Waals surface area contributed by atoms with Gasteiger partial charge in [-0.15, -0.1) is 0 Å². The molecule has 1 N–H and O–H groups in total. The first kappa shape index (κ1) is 16.9. The lowest BCUT2D eigenvalue weighted by molar-refractivity contribution is 0.0947. The quantitative estimate of drug-likeness (QED) is 0.790. The fourth-order valence-corrected chi connectivity index (χ4v) is 2.47. The van der Waals surface area contributed by atoms with E-state index in [4.69, 9.17) is 4.52 Å². The zero-order chi connectivity index (χ0) is 18.0. The van der Waals surface area contributed by atoms with E-state index in [1.54, 1.807) is 17.8 Å². The van der Waals surface area contributed by atoms with E-state index in [0.717, 1.165) is 11.4 Å². The van der Waals surface area contributed by atoms with Gasteiger partial charge >= 0.3 is 0 Å². The second-order valence-electron chi connectivity index (χ2n) is 6.83. The van der Waals surface area contributed by atoms with Crippen LogP contribution in [0.3, 0.4) is 0 Å². The third-order valence-corrected chi connectivity index (χ3v) is 3.67. The van der Waals surface area contributed by atoms with Crippen LogP contribution in [0.5, 0.6) is 0 Å². The highest BCUT2D eigenvalue weighted by molar-refractivity contribution is 5.95. The molecule has 130 valence electrons. The number of aromatic nitrogens is 4. The number of benzene rings is 1. The number of carbonyl (C=O) groups is 1. The summed E-state index contributed by atoms with van der Waals surface area (Å²) in [5.74, 6) is 0.699. The molecule has 0 saturated heterocycles. The van der Waals surface area contributed by atoms with Crippen molar-refractivity contribution in [2.75, 3.05) is 0 Å². The number of para-hydroxylation sites is 1. The van der Waals surface area contributed by atoms with Crippen LogP contribution in [0.25, 0.3) is 5.69 Å². The van der Waals surface area contributed by atoms with Crippen LogP contribution in [0.4, 0.5) is 0 Å². The van der Waals surface area contributed by atoms with Crippen LogP contribution >= 0.6 is 0 Å². The summed E-state index contributed by atoms with van der Waals surface area (Å²) in [7, 11) is 0. The molecule has 0 aliphatic heterocycles. The summed E-state index contributed by atoms with van der Waals surface area (Å²) in [6.45, 7) is 8.01. The number of nitrogens with zero attached hydrogens (tertiary/aromatic N) is 4. The normalized spacial score (nSPS) is 11.5. The summed E-state index contributed by atoms with van der Waals surface area (Å²) in [6, 6.07) is 9.71. The van der Waals surface area contributed by atoms with Crippen LogP contribution in [0.2, 0.25) is 0 Å². The van der Waals surface area contributed by atoms with E-state index in [-0.39, 0.29) is 17.9 Å². The molecule has 1 aromatic carbocycles. The molecule has 25 heavy (non-hydrogen) atoms. The van der Waals surface area contributed by atoms with Gasteiger partial charge in [0.2, 0.25) is 5.89 Å². The monoisotopic (exact) mass is 339 g/mol. The van der Waals surface area contributed by atoms with Gasteiger partial charge in [-0.25, -0.2) is 4.68 Å². The Hall–Kier alpha value is -2.96. The van der Waals surface area contributed by atoms with Crippen molar-refractivity contribution < 1.29 is 9.32 Å². The molecule has 0 spiro atoms. The van der Waals surface area contributed by atoms with Crippen molar-refractivity contribution >= 4 is 5.91 Å². The average molecular weight is 339 g/mol. The SMILES string of the molecule is Cc1nc(CNC(=O)c2cn(-c3ccccc3)nc2C(C)(C)C)no1. The summed E-state index contributed by atoms with van der Waals surface area (Å²) in [6.07, 6.45) is 1.76. The Balaban J connectivity index is 1.88. The topological polar surface area (TPSA) is 85.8 Å². The Kier molecular flexibility index (Phi) is 4.39. The number of aryl methyl sites for hydroxylation is 1. The van der Waals surface area contributed by atoms with Gasteiger partial charge in [0.05, 0.1) is 23.5 Å². The van der Waals surface area contributed by atoms with Crippen molar-refractivity contribution in [3.63, 3.8) is 0 Å². The molecule has 0 bridgehead atoms. The van der Waals surface area contributed by atoms with Crippen molar-refractivity contribution in [2.45, 2.75) is 39.7 Å². The third kappa shape index (κ3) is 3.76. The first-order valence-electron chi connectivity index (χ1n) is 8.07. The maximum absolute atomic E-state index is 12.7. The van der Waals surface area contributed by atoms with E-state index < -0.39 is 0 Å². The van der Waals surface area contributed by atoms with Crippen molar-refractivity contribution in [3.8, 4) is 5.69 Å². The fraction of sp³-hybridized carbons (Fsp3) is 0.333. The van der Waals surface area contributed by atoms with Crippen LogP contribution < -0.4 is 5.32 Å². The molecule has 3 rings (SSSR count). The molecular weight excluding hydrogens is 318 g/mol. The minimum absolute atomic E-state index is 0.205. The predicted octanol–water partition coefficient (Wildman–Crippen LogP) is 2.79. The zero-order valence-electron chi connectivity index (χ0n) is 14.8. The second kappa shape index (κ2) is 6.51. The Labute approximate surface area is 146 Å². The highest BCUT2D eigenvalue weighted by Crippen LogP contribution is 2.25. The number of rotatable bonds is 4. The Morgan fingerprint density at radius 2 is 1.96 bits per heavy atom. The van der Waals surface area contributed by atoms with Gasteiger partial charge in [0.25, 0.3) is 5.91 Å². The van der Waals surface area contributed by atoms with Gasteiger partial charge in [0.1, 0.15) is 0 Å². The lowest BCUT2D eigenvalue weighted by Gasteiger charge is -2.17.